The lowest BCUT2D eigenvalue weighted by atomic mass is 10.4. The average molecular weight is 197 g/mol. The van der Waals surface area contributed by atoms with E-state index in [9.17, 15) is 4.79 Å². The average Bonchev–Trinajstić information content (AvgIpc) is 2.62. The van der Waals surface area contributed by atoms with Crippen LogP contribution >= 0.6 is 11.3 Å². The van der Waals surface area contributed by atoms with Gasteiger partial charge in [0.15, 0.2) is 6.29 Å². The van der Waals surface area contributed by atoms with Crippen molar-refractivity contribution in [3.63, 3.8) is 0 Å². The van der Waals surface area contributed by atoms with Crippen LogP contribution in [0.1, 0.15) is 29.9 Å². The standard InChI is InChI=1S/C10H15NOS/c1-3-7-11(4-2)10-6-5-9(8-12)13-10/h5-6,8H,3-4,7H2,1-2H3. The Hall–Kier alpha value is -0.830. The molecular weight excluding hydrogens is 182 g/mol. The molecule has 1 aromatic heterocycles. The summed E-state index contributed by atoms with van der Waals surface area (Å²) in [5, 5.41) is 1.20. The first-order chi connectivity index (χ1) is 6.31. The molecule has 0 amide bonds. The molecule has 1 aromatic rings. The topological polar surface area (TPSA) is 20.3 Å². The van der Waals surface area contributed by atoms with Crippen molar-refractivity contribution >= 4 is 22.6 Å². The van der Waals surface area contributed by atoms with E-state index in [1.54, 1.807) is 11.3 Å². The van der Waals surface area contributed by atoms with E-state index in [1.165, 1.54) is 5.00 Å². The number of aldehydes is 1. The first-order valence-electron chi connectivity index (χ1n) is 4.61. The van der Waals surface area contributed by atoms with E-state index in [1.807, 2.05) is 12.1 Å². The molecule has 0 spiro atoms. The molecule has 0 N–H and O–H groups in total. The number of thiophene rings is 1. The number of nitrogens with zero attached hydrogens (tertiary/aromatic N) is 1. The van der Waals surface area contributed by atoms with Gasteiger partial charge in [-0.05, 0) is 25.5 Å². The van der Waals surface area contributed by atoms with Gasteiger partial charge in [0.25, 0.3) is 0 Å². The Morgan fingerprint density at radius 3 is 2.69 bits per heavy atom. The van der Waals surface area contributed by atoms with Gasteiger partial charge in [0.2, 0.25) is 0 Å². The smallest absolute Gasteiger partial charge is 0.160 e. The summed E-state index contributed by atoms with van der Waals surface area (Å²) in [6.07, 6.45) is 2.05. The maximum Gasteiger partial charge on any atom is 0.160 e. The van der Waals surface area contributed by atoms with E-state index in [4.69, 9.17) is 0 Å². The van der Waals surface area contributed by atoms with Gasteiger partial charge in [-0.3, -0.25) is 4.79 Å². The Bertz CT molecular complexity index is 270. The number of anilines is 1. The Kier molecular flexibility index (Phi) is 3.96. The van der Waals surface area contributed by atoms with Crippen LogP contribution in [0, 0.1) is 0 Å². The third kappa shape index (κ3) is 2.56. The maximum absolute atomic E-state index is 10.5. The van der Waals surface area contributed by atoms with E-state index in [-0.39, 0.29) is 0 Å². The van der Waals surface area contributed by atoms with Crippen molar-refractivity contribution in [2.45, 2.75) is 20.3 Å². The summed E-state index contributed by atoms with van der Waals surface area (Å²) >= 11 is 1.56. The lowest BCUT2D eigenvalue weighted by Crippen LogP contribution is -2.22. The van der Waals surface area contributed by atoms with E-state index in [0.29, 0.717) is 0 Å². The summed E-state index contributed by atoms with van der Waals surface area (Å²) in [5.41, 5.74) is 0. The number of hydrogen-bond acceptors (Lipinski definition) is 3. The highest BCUT2D eigenvalue weighted by molar-refractivity contribution is 7.17. The van der Waals surface area contributed by atoms with Gasteiger partial charge in [-0.25, -0.2) is 0 Å². The summed E-state index contributed by atoms with van der Waals surface area (Å²) in [4.78, 5) is 13.6. The van der Waals surface area contributed by atoms with Crippen molar-refractivity contribution in [3.8, 4) is 0 Å². The third-order valence-electron chi connectivity index (χ3n) is 1.92. The largest absolute Gasteiger partial charge is 0.364 e. The van der Waals surface area contributed by atoms with Gasteiger partial charge in [0.1, 0.15) is 0 Å². The van der Waals surface area contributed by atoms with Crippen LogP contribution in [0.3, 0.4) is 0 Å². The zero-order chi connectivity index (χ0) is 9.68. The van der Waals surface area contributed by atoms with E-state index < -0.39 is 0 Å². The highest BCUT2D eigenvalue weighted by Crippen LogP contribution is 2.24. The highest BCUT2D eigenvalue weighted by atomic mass is 32.1. The molecule has 0 aliphatic rings. The fourth-order valence-electron chi connectivity index (χ4n) is 1.27. The number of carbonyl (C=O) groups excluding carboxylic acids is 1. The summed E-state index contributed by atoms with van der Waals surface area (Å²) in [6.45, 7) is 6.37. The molecule has 0 aliphatic carbocycles. The summed E-state index contributed by atoms with van der Waals surface area (Å²) in [7, 11) is 0. The molecular formula is C10H15NOS. The van der Waals surface area contributed by atoms with Gasteiger partial charge < -0.3 is 4.90 Å². The van der Waals surface area contributed by atoms with Crippen molar-refractivity contribution in [1.82, 2.24) is 0 Å². The zero-order valence-electron chi connectivity index (χ0n) is 8.12. The van der Waals surface area contributed by atoms with Crippen LogP contribution in [0.2, 0.25) is 0 Å². The predicted octanol–water partition coefficient (Wildman–Crippen LogP) is 2.80. The van der Waals surface area contributed by atoms with Gasteiger partial charge in [-0.1, -0.05) is 6.92 Å². The quantitative estimate of drug-likeness (QED) is 0.676. The van der Waals surface area contributed by atoms with Crippen LogP contribution in [0.25, 0.3) is 0 Å². The molecule has 72 valence electrons. The van der Waals surface area contributed by atoms with Crippen LogP contribution < -0.4 is 4.90 Å². The first kappa shape index (κ1) is 10.3. The monoisotopic (exact) mass is 197 g/mol. The molecule has 0 unspecified atom stereocenters. The first-order valence-corrected chi connectivity index (χ1v) is 5.43. The molecule has 0 saturated heterocycles. The molecule has 0 radical (unpaired) electrons. The second-order valence-corrected chi connectivity index (χ2v) is 3.97. The number of rotatable bonds is 5. The summed E-state index contributed by atoms with van der Waals surface area (Å²) in [5.74, 6) is 0. The summed E-state index contributed by atoms with van der Waals surface area (Å²) in [6, 6.07) is 3.90. The fraction of sp³-hybridized carbons (Fsp3) is 0.500. The van der Waals surface area contributed by atoms with Crippen molar-refractivity contribution in [2.24, 2.45) is 0 Å². The van der Waals surface area contributed by atoms with E-state index in [2.05, 4.69) is 18.7 Å². The van der Waals surface area contributed by atoms with Gasteiger partial charge in [0.05, 0.1) is 9.88 Å². The van der Waals surface area contributed by atoms with Crippen molar-refractivity contribution in [1.29, 1.82) is 0 Å². The highest BCUT2D eigenvalue weighted by Gasteiger charge is 2.05. The van der Waals surface area contributed by atoms with Gasteiger partial charge >= 0.3 is 0 Å². The Labute approximate surface area is 83.2 Å². The molecule has 13 heavy (non-hydrogen) atoms. The molecule has 0 fully saturated rings. The molecule has 1 heterocycles. The minimum absolute atomic E-state index is 0.810. The van der Waals surface area contributed by atoms with Gasteiger partial charge in [-0.2, -0.15) is 0 Å². The number of hydrogen-bond donors (Lipinski definition) is 0. The lowest BCUT2D eigenvalue weighted by molar-refractivity contribution is 0.112. The van der Waals surface area contributed by atoms with Crippen molar-refractivity contribution in [2.75, 3.05) is 18.0 Å². The second kappa shape index (κ2) is 5.02. The minimum Gasteiger partial charge on any atom is -0.364 e. The maximum atomic E-state index is 10.5. The predicted molar refractivity (Wildman–Crippen MR) is 57.9 cm³/mol. The zero-order valence-corrected chi connectivity index (χ0v) is 8.93. The van der Waals surface area contributed by atoms with Gasteiger partial charge in [0, 0.05) is 13.1 Å². The third-order valence-corrected chi connectivity index (χ3v) is 2.99. The normalized spacial score (nSPS) is 10.0. The van der Waals surface area contributed by atoms with Crippen LogP contribution in [0.4, 0.5) is 5.00 Å². The van der Waals surface area contributed by atoms with Gasteiger partial charge in [-0.15, -0.1) is 11.3 Å². The Balaban J connectivity index is 2.72. The molecule has 0 aliphatic heterocycles. The Morgan fingerprint density at radius 2 is 2.23 bits per heavy atom. The molecule has 0 bridgehead atoms. The Morgan fingerprint density at radius 1 is 1.46 bits per heavy atom. The number of carbonyl (C=O) groups is 1. The van der Waals surface area contributed by atoms with Crippen LogP contribution in [-0.2, 0) is 0 Å². The molecule has 0 atom stereocenters. The SMILES string of the molecule is CCCN(CC)c1ccc(C=O)s1. The van der Waals surface area contributed by atoms with Crippen molar-refractivity contribution in [3.05, 3.63) is 17.0 Å². The molecule has 0 aromatic carbocycles. The fourth-order valence-corrected chi connectivity index (χ4v) is 2.18. The molecule has 2 nitrogen and oxygen atoms in total. The molecule has 3 heteroatoms. The molecule has 1 rings (SSSR count). The van der Waals surface area contributed by atoms with E-state index >= 15 is 0 Å². The second-order valence-electron chi connectivity index (χ2n) is 2.87. The lowest BCUT2D eigenvalue weighted by Gasteiger charge is -2.19. The van der Waals surface area contributed by atoms with Crippen LogP contribution in [0.5, 0.6) is 0 Å². The van der Waals surface area contributed by atoms with E-state index in [0.717, 1.165) is 30.7 Å². The molecule has 0 saturated carbocycles. The van der Waals surface area contributed by atoms with Crippen LogP contribution in [0.15, 0.2) is 12.1 Å². The van der Waals surface area contributed by atoms with Crippen molar-refractivity contribution < 1.29 is 4.79 Å². The summed E-state index contributed by atoms with van der Waals surface area (Å²) < 4.78 is 0. The minimum atomic E-state index is 0.810. The van der Waals surface area contributed by atoms with Crippen LogP contribution in [-0.4, -0.2) is 19.4 Å².